The summed E-state index contributed by atoms with van der Waals surface area (Å²) in [4.78, 5) is 0. The van der Waals surface area contributed by atoms with Gasteiger partial charge in [0.1, 0.15) is 7.32 Å². The first-order valence-electron chi connectivity index (χ1n) is 26.0. The molecule has 0 saturated carbocycles. The molecule has 0 aliphatic heterocycles. The predicted octanol–water partition coefficient (Wildman–Crippen LogP) is 14.0. The Morgan fingerprint density at radius 3 is 0.850 bits per heavy atom. The summed E-state index contributed by atoms with van der Waals surface area (Å²) in [6.45, 7) is 51.9. The summed E-state index contributed by atoms with van der Waals surface area (Å²) in [5, 5.41) is 22.7. The number of rotatable bonds is 29. The van der Waals surface area contributed by atoms with E-state index in [0.29, 0.717) is 5.75 Å². The van der Waals surface area contributed by atoms with Gasteiger partial charge in [0.15, 0.2) is 0 Å². The highest BCUT2D eigenvalue weighted by molar-refractivity contribution is 6.29. The SMILES string of the molecule is CCCC[N+](CCCC)(CCCC)CCCC.CCCC[N+](CCCC)(CCCC)CCCC.CCCCc1cc(OB([O-])[O-])c(C(C)(C)C)c(C(C)(C)C)c1C(C)(C)C. The average molecular weight is 845 g/mol. The number of quaternary nitrogens is 2. The molecule has 1 aromatic carbocycles. The zero-order valence-electron chi connectivity index (χ0n) is 44.4. The van der Waals surface area contributed by atoms with E-state index in [1.807, 2.05) is 6.07 Å². The maximum atomic E-state index is 11.4. The van der Waals surface area contributed by atoms with Crippen molar-refractivity contribution in [2.45, 2.75) is 263 Å². The van der Waals surface area contributed by atoms with E-state index >= 15 is 0 Å². The molecule has 1 rings (SSSR count). The molecule has 6 heteroatoms. The Hall–Kier alpha value is -1.08. The second kappa shape index (κ2) is 32.6. The molecule has 5 nitrogen and oxygen atoms in total. The molecule has 0 saturated heterocycles. The van der Waals surface area contributed by atoms with Gasteiger partial charge in [0, 0.05) is 5.56 Å². The first kappa shape index (κ1) is 61.0. The number of unbranched alkanes of at least 4 members (excludes halogenated alkanes) is 9. The third kappa shape index (κ3) is 24.7. The number of benzene rings is 1. The van der Waals surface area contributed by atoms with Crippen LogP contribution in [-0.4, -0.2) is 68.6 Å². The molecule has 60 heavy (non-hydrogen) atoms. The van der Waals surface area contributed by atoms with Crippen LogP contribution >= 0.6 is 0 Å². The highest BCUT2D eigenvalue weighted by Crippen LogP contribution is 2.47. The summed E-state index contributed by atoms with van der Waals surface area (Å²) in [6, 6.07) is 1.97. The van der Waals surface area contributed by atoms with Crippen LogP contribution in [0.5, 0.6) is 5.75 Å². The quantitative estimate of drug-likeness (QED) is 0.0596. The zero-order valence-corrected chi connectivity index (χ0v) is 44.4. The minimum absolute atomic E-state index is 0.0431. The smallest absolute Gasteiger partial charge is 0.133 e. The molecule has 0 unspecified atom stereocenters. The van der Waals surface area contributed by atoms with Crippen molar-refractivity contribution in [1.29, 1.82) is 0 Å². The lowest BCUT2D eigenvalue weighted by Gasteiger charge is -2.41. The third-order valence-corrected chi connectivity index (χ3v) is 12.5. The molecule has 0 aromatic heterocycles. The van der Waals surface area contributed by atoms with Gasteiger partial charge in [-0.25, -0.2) is 0 Å². The summed E-state index contributed by atoms with van der Waals surface area (Å²) < 4.78 is 8.12. The maximum Gasteiger partial charge on any atom is 0.133 e. The predicted molar refractivity (Wildman–Crippen MR) is 266 cm³/mol. The van der Waals surface area contributed by atoms with Crippen molar-refractivity contribution < 1.29 is 23.7 Å². The van der Waals surface area contributed by atoms with Gasteiger partial charge in [0.2, 0.25) is 0 Å². The van der Waals surface area contributed by atoms with Crippen molar-refractivity contribution in [2.24, 2.45) is 0 Å². The normalized spacial score (nSPS) is 12.5. The van der Waals surface area contributed by atoms with E-state index in [2.05, 4.69) is 125 Å². The van der Waals surface area contributed by atoms with Crippen LogP contribution in [0.15, 0.2) is 6.07 Å². The second-order valence-electron chi connectivity index (χ2n) is 21.7. The molecule has 0 aliphatic rings. The van der Waals surface area contributed by atoms with Crippen molar-refractivity contribution in [1.82, 2.24) is 0 Å². The van der Waals surface area contributed by atoms with Gasteiger partial charge in [-0.1, -0.05) is 182 Å². The van der Waals surface area contributed by atoms with Crippen molar-refractivity contribution in [3.63, 3.8) is 0 Å². The van der Waals surface area contributed by atoms with E-state index in [1.54, 1.807) is 0 Å². The van der Waals surface area contributed by atoms with Gasteiger partial charge in [0.25, 0.3) is 0 Å². The van der Waals surface area contributed by atoms with Crippen LogP contribution in [0.4, 0.5) is 0 Å². The fourth-order valence-corrected chi connectivity index (χ4v) is 9.11. The topological polar surface area (TPSA) is 55.3 Å². The Morgan fingerprint density at radius 2 is 0.650 bits per heavy atom. The lowest BCUT2D eigenvalue weighted by atomic mass is 9.66. The van der Waals surface area contributed by atoms with Crippen LogP contribution in [0, 0.1) is 0 Å². The fraction of sp³-hybridized carbons (Fsp3) is 0.889. The maximum absolute atomic E-state index is 11.4. The molecule has 0 bridgehead atoms. The molecule has 0 spiro atoms. The van der Waals surface area contributed by atoms with E-state index in [1.165, 1.54) is 181 Å². The molecule has 0 amide bonds. The number of nitrogens with zero attached hydrogens (tertiary/aromatic N) is 2. The van der Waals surface area contributed by atoms with Crippen molar-refractivity contribution in [2.75, 3.05) is 52.4 Å². The molecular formula is C54H109BN2O3. The zero-order chi connectivity index (χ0) is 46.5. The first-order chi connectivity index (χ1) is 28.1. The van der Waals surface area contributed by atoms with E-state index in [9.17, 15) is 10.0 Å². The number of hydrogen-bond acceptors (Lipinski definition) is 3. The minimum atomic E-state index is -2.32. The first-order valence-corrected chi connectivity index (χ1v) is 26.0. The molecule has 0 N–H and O–H groups in total. The van der Waals surface area contributed by atoms with Gasteiger partial charge >= 0.3 is 0 Å². The summed E-state index contributed by atoms with van der Waals surface area (Å²) in [7, 11) is -2.32. The van der Waals surface area contributed by atoms with Crippen molar-refractivity contribution in [3.05, 3.63) is 28.3 Å². The average Bonchev–Trinajstić information content (AvgIpc) is 3.17. The molecule has 0 atom stereocenters. The van der Waals surface area contributed by atoms with E-state index in [-0.39, 0.29) is 16.2 Å². The summed E-state index contributed by atoms with van der Waals surface area (Å²) in [5.41, 5.74) is 4.34. The molecule has 0 radical (unpaired) electrons. The number of hydrogen-bond donors (Lipinski definition) is 0. The van der Waals surface area contributed by atoms with Gasteiger partial charge < -0.3 is 23.7 Å². The largest absolute Gasteiger partial charge is 0.860 e. The van der Waals surface area contributed by atoms with Crippen molar-refractivity contribution in [3.8, 4) is 5.75 Å². The van der Waals surface area contributed by atoms with Crippen molar-refractivity contribution >= 4 is 7.32 Å². The van der Waals surface area contributed by atoms with E-state index < -0.39 is 7.32 Å². The highest BCUT2D eigenvalue weighted by atomic mass is 16.6. The molecule has 0 fully saturated rings. The standard InChI is InChI=1S/C22H37BO3.2C16H36N/c1-11-12-13-15-14-16(26-23(24)25)18(21(5,6)7)19(22(8,9)10)17(15)20(2,3)4;2*1-5-9-13-17(14-10-6-2,15-11-7-3)16-12-8-4/h14H,11-13H2,1-10H3;2*5-16H2,1-4H3/q-2;2*+1. The van der Waals surface area contributed by atoms with E-state index in [4.69, 9.17) is 4.65 Å². The van der Waals surface area contributed by atoms with Gasteiger partial charge in [0.05, 0.1) is 58.1 Å². The molecule has 0 heterocycles. The van der Waals surface area contributed by atoms with Crippen LogP contribution < -0.4 is 14.7 Å². The van der Waals surface area contributed by atoms with Crippen LogP contribution in [0.25, 0.3) is 0 Å². The molecule has 1 aromatic rings. The van der Waals surface area contributed by atoms with E-state index in [0.717, 1.165) is 24.8 Å². The monoisotopic (exact) mass is 845 g/mol. The molecule has 0 aliphatic carbocycles. The van der Waals surface area contributed by atoms with Gasteiger partial charge in [-0.3, -0.25) is 0 Å². The third-order valence-electron chi connectivity index (χ3n) is 12.5. The Morgan fingerprint density at radius 1 is 0.400 bits per heavy atom. The van der Waals surface area contributed by atoms with Gasteiger partial charge in [-0.2, -0.15) is 0 Å². The Labute approximate surface area is 379 Å². The van der Waals surface area contributed by atoms with Crippen LogP contribution in [0.2, 0.25) is 0 Å². The lowest BCUT2D eigenvalue weighted by Crippen LogP contribution is -2.51. The highest BCUT2D eigenvalue weighted by Gasteiger charge is 2.36. The Kier molecular flexibility index (Phi) is 33.1. The summed E-state index contributed by atoms with van der Waals surface area (Å²) >= 11 is 0. The van der Waals surface area contributed by atoms with Crippen LogP contribution in [0.3, 0.4) is 0 Å². The Balaban J connectivity index is 0. The molecular weight excluding hydrogens is 735 g/mol. The number of aryl methyl sites for hydroxylation is 1. The fourth-order valence-electron chi connectivity index (χ4n) is 9.11. The van der Waals surface area contributed by atoms with Gasteiger partial charge in [-0.05, 0) is 103 Å². The van der Waals surface area contributed by atoms with Crippen LogP contribution in [0.1, 0.15) is 262 Å². The van der Waals surface area contributed by atoms with Crippen LogP contribution in [-0.2, 0) is 22.7 Å². The van der Waals surface area contributed by atoms with Gasteiger partial charge in [-0.15, -0.1) is 0 Å². The minimum Gasteiger partial charge on any atom is -0.860 e. The second-order valence-corrected chi connectivity index (χ2v) is 21.7. The Bertz CT molecular complexity index is 1070. The summed E-state index contributed by atoms with van der Waals surface area (Å²) in [6.07, 6.45) is 25.2. The lowest BCUT2D eigenvalue weighted by molar-refractivity contribution is -0.929. The molecule has 356 valence electrons. The summed E-state index contributed by atoms with van der Waals surface area (Å²) in [5.74, 6) is 0.469.